The molecular formula is C8H4BBrN2O. The molecule has 13 heavy (non-hydrogen) atoms. The van der Waals surface area contributed by atoms with Gasteiger partial charge in [0, 0.05) is 22.3 Å². The van der Waals surface area contributed by atoms with Gasteiger partial charge in [-0.2, -0.15) is 0 Å². The Bertz CT molecular complexity index is 523. The lowest BCUT2D eigenvalue weighted by Gasteiger charge is -2.00. The van der Waals surface area contributed by atoms with Gasteiger partial charge < -0.3 is 4.98 Å². The molecule has 2 aromatic heterocycles. The number of rotatable bonds is 0. The van der Waals surface area contributed by atoms with Crippen LogP contribution < -0.4 is 11.0 Å². The summed E-state index contributed by atoms with van der Waals surface area (Å²) in [4.78, 5) is 18.2. The van der Waals surface area contributed by atoms with Crippen LogP contribution in [0.2, 0.25) is 0 Å². The Kier molecular flexibility index (Phi) is 1.96. The molecule has 0 unspecified atom stereocenters. The van der Waals surface area contributed by atoms with E-state index >= 15 is 0 Å². The molecule has 2 radical (unpaired) electrons. The van der Waals surface area contributed by atoms with Crippen molar-refractivity contribution in [1.82, 2.24) is 9.97 Å². The topological polar surface area (TPSA) is 45.8 Å². The van der Waals surface area contributed by atoms with E-state index in [-0.39, 0.29) is 5.43 Å². The number of hydrogen-bond acceptors (Lipinski definition) is 2. The van der Waals surface area contributed by atoms with E-state index in [0.29, 0.717) is 21.1 Å². The zero-order valence-corrected chi connectivity index (χ0v) is 8.13. The van der Waals surface area contributed by atoms with Crippen molar-refractivity contribution in [3.8, 4) is 0 Å². The summed E-state index contributed by atoms with van der Waals surface area (Å²) in [7, 11) is 5.56. The summed E-state index contributed by atoms with van der Waals surface area (Å²) in [5.74, 6) is 0. The van der Waals surface area contributed by atoms with Gasteiger partial charge in [-0.25, -0.2) is 4.98 Å². The summed E-state index contributed by atoms with van der Waals surface area (Å²) in [6.07, 6.45) is 1.55. The van der Waals surface area contributed by atoms with Crippen LogP contribution in [0.3, 0.4) is 0 Å². The van der Waals surface area contributed by atoms with Gasteiger partial charge in [-0.3, -0.25) is 4.79 Å². The quantitative estimate of drug-likeness (QED) is 0.675. The molecule has 1 N–H and O–H groups in total. The maximum absolute atomic E-state index is 11.3. The molecule has 0 atom stereocenters. The number of nitrogens with zero attached hydrogens (tertiary/aromatic N) is 1. The van der Waals surface area contributed by atoms with Crippen LogP contribution in [0.5, 0.6) is 0 Å². The van der Waals surface area contributed by atoms with E-state index in [9.17, 15) is 4.79 Å². The van der Waals surface area contributed by atoms with Crippen molar-refractivity contribution in [3.63, 3.8) is 0 Å². The molecule has 62 valence electrons. The van der Waals surface area contributed by atoms with E-state index < -0.39 is 0 Å². The molecule has 0 saturated carbocycles. The minimum atomic E-state index is -0.0676. The van der Waals surface area contributed by atoms with Crippen LogP contribution in [-0.4, -0.2) is 17.8 Å². The second kappa shape index (κ2) is 2.99. The Hall–Kier alpha value is -1.10. The highest BCUT2D eigenvalue weighted by molar-refractivity contribution is 9.10. The van der Waals surface area contributed by atoms with Gasteiger partial charge in [0.25, 0.3) is 0 Å². The minimum Gasteiger partial charge on any atom is -0.346 e. The lowest BCUT2D eigenvalue weighted by Crippen LogP contribution is -2.13. The Morgan fingerprint density at radius 3 is 3.08 bits per heavy atom. The van der Waals surface area contributed by atoms with Crippen LogP contribution in [-0.2, 0) is 0 Å². The number of aromatic nitrogens is 2. The normalized spacial score (nSPS) is 10.5. The summed E-state index contributed by atoms with van der Waals surface area (Å²) in [5.41, 5.74) is 0.810. The van der Waals surface area contributed by atoms with Gasteiger partial charge >= 0.3 is 0 Å². The highest BCUT2D eigenvalue weighted by Crippen LogP contribution is 2.09. The molecule has 2 aromatic rings. The highest BCUT2D eigenvalue weighted by Gasteiger charge is 2.02. The summed E-state index contributed by atoms with van der Waals surface area (Å²) >= 11 is 3.21. The summed E-state index contributed by atoms with van der Waals surface area (Å²) in [5, 5.41) is 0.531. The predicted octanol–water partition coefficient (Wildman–Crippen LogP) is 0.479. The van der Waals surface area contributed by atoms with Crippen molar-refractivity contribution in [3.05, 3.63) is 33.0 Å². The zero-order valence-electron chi connectivity index (χ0n) is 6.54. The smallest absolute Gasteiger partial charge is 0.191 e. The van der Waals surface area contributed by atoms with Gasteiger partial charge in [-0.15, -0.1) is 0 Å². The third-order valence-electron chi connectivity index (χ3n) is 1.72. The molecule has 0 aliphatic heterocycles. The Morgan fingerprint density at radius 1 is 1.54 bits per heavy atom. The average molecular weight is 235 g/mol. The molecule has 5 heteroatoms. The van der Waals surface area contributed by atoms with E-state index in [0.717, 1.165) is 0 Å². The molecule has 0 aliphatic carbocycles. The van der Waals surface area contributed by atoms with Gasteiger partial charge in [-0.05, 0) is 22.0 Å². The SMILES string of the molecule is [B]c1nc2[nH]ccc(=O)c2cc1Br. The molecule has 3 nitrogen and oxygen atoms in total. The molecule has 0 amide bonds. The van der Waals surface area contributed by atoms with Crippen LogP contribution in [0.1, 0.15) is 0 Å². The number of pyridine rings is 2. The lowest BCUT2D eigenvalue weighted by molar-refractivity contribution is 1.30. The molecule has 0 aliphatic rings. The maximum atomic E-state index is 11.3. The Labute approximate surface area is 83.7 Å². The van der Waals surface area contributed by atoms with Crippen molar-refractivity contribution in [2.24, 2.45) is 0 Å². The van der Waals surface area contributed by atoms with E-state index in [4.69, 9.17) is 7.85 Å². The fourth-order valence-corrected chi connectivity index (χ4v) is 1.40. The van der Waals surface area contributed by atoms with Crippen LogP contribution in [0.15, 0.2) is 27.6 Å². The number of H-pyrrole nitrogens is 1. The molecule has 0 aromatic carbocycles. The van der Waals surface area contributed by atoms with Crippen molar-refractivity contribution < 1.29 is 0 Å². The van der Waals surface area contributed by atoms with Crippen molar-refractivity contribution in [1.29, 1.82) is 0 Å². The largest absolute Gasteiger partial charge is 0.346 e. The first-order chi connectivity index (χ1) is 6.18. The Balaban J connectivity index is 2.97. The fourth-order valence-electron chi connectivity index (χ4n) is 1.09. The van der Waals surface area contributed by atoms with Crippen LogP contribution in [0.25, 0.3) is 11.0 Å². The van der Waals surface area contributed by atoms with E-state index in [1.165, 1.54) is 6.07 Å². The first-order valence-corrected chi connectivity index (χ1v) is 4.41. The molecular weight excluding hydrogens is 231 g/mol. The van der Waals surface area contributed by atoms with Gasteiger partial charge in [0.15, 0.2) is 5.43 Å². The van der Waals surface area contributed by atoms with E-state index in [1.807, 2.05) is 0 Å². The van der Waals surface area contributed by atoms with Gasteiger partial charge in [0.2, 0.25) is 0 Å². The molecule has 0 bridgehead atoms. The van der Waals surface area contributed by atoms with Crippen molar-refractivity contribution in [2.45, 2.75) is 0 Å². The number of nitrogens with one attached hydrogen (secondary N) is 1. The number of hydrogen-bond donors (Lipinski definition) is 1. The van der Waals surface area contributed by atoms with Crippen LogP contribution in [0, 0.1) is 0 Å². The zero-order chi connectivity index (χ0) is 9.42. The standard InChI is InChI=1S/C8H4BBrN2O/c9-7-5(10)3-4-6(13)1-2-11-8(4)12-7/h1-3H,(H,11,12,13). The predicted molar refractivity (Wildman–Crippen MR) is 55.5 cm³/mol. The van der Waals surface area contributed by atoms with E-state index in [2.05, 4.69) is 25.9 Å². The molecule has 0 saturated heterocycles. The number of aromatic amines is 1. The second-order valence-electron chi connectivity index (χ2n) is 2.59. The highest BCUT2D eigenvalue weighted by atomic mass is 79.9. The summed E-state index contributed by atoms with van der Waals surface area (Å²) in [6.45, 7) is 0. The van der Waals surface area contributed by atoms with Gasteiger partial charge in [0.1, 0.15) is 13.5 Å². The average Bonchev–Trinajstić information content (AvgIpc) is 2.09. The second-order valence-corrected chi connectivity index (χ2v) is 3.45. The summed E-state index contributed by atoms with van der Waals surface area (Å²) < 4.78 is 0.636. The third-order valence-corrected chi connectivity index (χ3v) is 2.36. The third kappa shape index (κ3) is 1.39. The lowest BCUT2D eigenvalue weighted by atomic mass is 10.0. The first kappa shape index (κ1) is 8.50. The summed E-state index contributed by atoms with van der Waals surface area (Å²) in [6, 6.07) is 3.11. The molecule has 0 fully saturated rings. The van der Waals surface area contributed by atoms with Crippen LogP contribution in [0.4, 0.5) is 0 Å². The monoisotopic (exact) mass is 234 g/mol. The molecule has 2 heterocycles. The van der Waals surface area contributed by atoms with Gasteiger partial charge in [-0.1, -0.05) is 0 Å². The van der Waals surface area contributed by atoms with Crippen LogP contribution >= 0.6 is 15.9 Å². The number of halogens is 1. The minimum absolute atomic E-state index is 0.0676. The Morgan fingerprint density at radius 2 is 2.31 bits per heavy atom. The number of fused-ring (bicyclic) bond motifs is 1. The molecule has 0 spiro atoms. The van der Waals surface area contributed by atoms with E-state index in [1.54, 1.807) is 12.3 Å². The maximum Gasteiger partial charge on any atom is 0.191 e. The fraction of sp³-hybridized carbons (Fsp3) is 0. The molecule has 2 rings (SSSR count). The van der Waals surface area contributed by atoms with Crippen molar-refractivity contribution >= 4 is 40.4 Å². The van der Waals surface area contributed by atoms with Gasteiger partial charge in [0.05, 0.1) is 5.39 Å². The first-order valence-electron chi connectivity index (χ1n) is 3.62. The van der Waals surface area contributed by atoms with Crippen molar-refractivity contribution in [2.75, 3.05) is 0 Å².